The molecule has 0 heterocycles. The van der Waals surface area contributed by atoms with Crippen LogP contribution < -0.4 is 5.32 Å². The van der Waals surface area contributed by atoms with E-state index < -0.39 is 18.6 Å². The third-order valence-electron chi connectivity index (χ3n) is 2.17. The summed E-state index contributed by atoms with van der Waals surface area (Å²) >= 11 is 3.16. The minimum atomic E-state index is -4.15. The van der Waals surface area contributed by atoms with Crippen LogP contribution in [0.15, 0.2) is 22.7 Å². The molecule has 0 aliphatic rings. The normalized spacial score (nSPS) is 11.3. The van der Waals surface area contributed by atoms with Gasteiger partial charge in [-0.15, -0.1) is 0 Å². The van der Waals surface area contributed by atoms with Gasteiger partial charge in [-0.05, 0) is 40.5 Å². The van der Waals surface area contributed by atoms with Gasteiger partial charge in [-0.25, -0.2) is 4.79 Å². The lowest BCUT2D eigenvalue weighted by Gasteiger charge is -2.10. The van der Waals surface area contributed by atoms with Gasteiger partial charge in [0.05, 0.1) is 5.56 Å². The highest BCUT2D eigenvalue weighted by molar-refractivity contribution is 9.10. The van der Waals surface area contributed by atoms with E-state index in [0.717, 1.165) is 0 Å². The average molecular weight is 326 g/mol. The SMILES string of the molecule is O=C(O)c1ccc(NCCCC(F)(F)F)c(Br)c1. The van der Waals surface area contributed by atoms with Crippen LogP contribution in [0.5, 0.6) is 0 Å². The Kier molecular flexibility index (Phi) is 5.01. The molecule has 0 aromatic heterocycles. The highest BCUT2D eigenvalue weighted by atomic mass is 79.9. The van der Waals surface area contributed by atoms with Crippen LogP contribution in [0, 0.1) is 0 Å². The molecule has 0 unspecified atom stereocenters. The Bertz CT molecular complexity index is 435. The van der Waals surface area contributed by atoms with Crippen molar-refractivity contribution >= 4 is 27.6 Å². The monoisotopic (exact) mass is 325 g/mol. The molecule has 1 aromatic carbocycles. The van der Waals surface area contributed by atoms with Crippen LogP contribution in [-0.2, 0) is 0 Å². The number of nitrogens with one attached hydrogen (secondary N) is 1. The van der Waals surface area contributed by atoms with Gasteiger partial charge in [-0.3, -0.25) is 0 Å². The van der Waals surface area contributed by atoms with Gasteiger partial charge in [0.1, 0.15) is 0 Å². The molecule has 0 atom stereocenters. The van der Waals surface area contributed by atoms with Crippen molar-refractivity contribution in [2.75, 3.05) is 11.9 Å². The largest absolute Gasteiger partial charge is 0.478 e. The van der Waals surface area contributed by atoms with Crippen LogP contribution in [0.2, 0.25) is 0 Å². The molecular formula is C11H11BrF3NO2. The Morgan fingerprint density at radius 2 is 2.06 bits per heavy atom. The highest BCUT2D eigenvalue weighted by Crippen LogP contribution is 2.25. The van der Waals surface area contributed by atoms with E-state index in [-0.39, 0.29) is 18.5 Å². The van der Waals surface area contributed by atoms with Crippen molar-refractivity contribution in [3.05, 3.63) is 28.2 Å². The quantitative estimate of drug-likeness (QED) is 0.807. The molecular weight excluding hydrogens is 315 g/mol. The molecule has 3 nitrogen and oxygen atoms in total. The Morgan fingerprint density at radius 1 is 1.39 bits per heavy atom. The fourth-order valence-electron chi connectivity index (χ4n) is 1.30. The number of hydrogen-bond donors (Lipinski definition) is 2. The van der Waals surface area contributed by atoms with Gasteiger partial charge in [-0.1, -0.05) is 0 Å². The molecule has 0 saturated heterocycles. The summed E-state index contributed by atoms with van der Waals surface area (Å²) < 4.78 is 36.2. The Hall–Kier alpha value is -1.24. The first-order valence-electron chi connectivity index (χ1n) is 5.13. The molecule has 18 heavy (non-hydrogen) atoms. The van der Waals surface area contributed by atoms with Crippen molar-refractivity contribution in [1.29, 1.82) is 0 Å². The number of carboxylic acid groups (broad SMARTS) is 1. The number of carbonyl (C=O) groups is 1. The molecule has 7 heteroatoms. The van der Waals surface area contributed by atoms with E-state index in [9.17, 15) is 18.0 Å². The van der Waals surface area contributed by atoms with Gasteiger partial charge in [0.2, 0.25) is 0 Å². The fourth-order valence-corrected chi connectivity index (χ4v) is 1.82. The molecule has 0 bridgehead atoms. The first-order chi connectivity index (χ1) is 8.29. The topological polar surface area (TPSA) is 49.3 Å². The molecule has 0 radical (unpaired) electrons. The summed E-state index contributed by atoms with van der Waals surface area (Å²) in [6.07, 6.45) is -5.02. The van der Waals surface area contributed by atoms with Gasteiger partial charge in [0.15, 0.2) is 0 Å². The molecule has 0 saturated carbocycles. The van der Waals surface area contributed by atoms with E-state index in [1.54, 1.807) is 0 Å². The predicted molar refractivity (Wildman–Crippen MR) is 64.9 cm³/mol. The number of aromatic carboxylic acids is 1. The first-order valence-corrected chi connectivity index (χ1v) is 5.92. The summed E-state index contributed by atoms with van der Waals surface area (Å²) in [7, 11) is 0. The van der Waals surface area contributed by atoms with Gasteiger partial charge in [-0.2, -0.15) is 13.2 Å². The maximum absolute atomic E-state index is 11.9. The average Bonchev–Trinajstić information content (AvgIpc) is 2.24. The number of hydrogen-bond acceptors (Lipinski definition) is 2. The molecule has 0 aliphatic carbocycles. The molecule has 1 rings (SSSR count). The van der Waals surface area contributed by atoms with Crippen LogP contribution in [-0.4, -0.2) is 23.8 Å². The molecule has 0 amide bonds. The number of benzene rings is 1. The fraction of sp³-hybridized carbons (Fsp3) is 0.364. The second-order valence-electron chi connectivity index (χ2n) is 3.65. The van der Waals surface area contributed by atoms with E-state index in [2.05, 4.69) is 21.2 Å². The maximum atomic E-state index is 11.9. The van der Waals surface area contributed by atoms with E-state index >= 15 is 0 Å². The van der Waals surface area contributed by atoms with E-state index in [0.29, 0.717) is 10.2 Å². The second-order valence-corrected chi connectivity index (χ2v) is 4.50. The zero-order valence-corrected chi connectivity index (χ0v) is 10.8. The Labute approximate surface area is 110 Å². The smallest absolute Gasteiger partial charge is 0.389 e. The molecule has 2 N–H and O–H groups in total. The zero-order chi connectivity index (χ0) is 13.8. The summed E-state index contributed by atoms with van der Waals surface area (Å²) in [6, 6.07) is 4.30. The summed E-state index contributed by atoms with van der Waals surface area (Å²) in [5.41, 5.74) is 0.685. The van der Waals surface area contributed by atoms with Gasteiger partial charge in [0.25, 0.3) is 0 Å². The van der Waals surface area contributed by atoms with E-state index in [1.165, 1.54) is 18.2 Å². The maximum Gasteiger partial charge on any atom is 0.389 e. The van der Waals surface area contributed by atoms with Crippen molar-refractivity contribution < 1.29 is 23.1 Å². The third kappa shape index (κ3) is 4.95. The minimum Gasteiger partial charge on any atom is -0.478 e. The number of alkyl halides is 3. The number of rotatable bonds is 5. The molecule has 1 aromatic rings. The third-order valence-corrected chi connectivity index (χ3v) is 2.82. The van der Waals surface area contributed by atoms with Crippen molar-refractivity contribution in [2.45, 2.75) is 19.0 Å². The first kappa shape index (κ1) is 14.8. The van der Waals surface area contributed by atoms with Crippen LogP contribution in [0.3, 0.4) is 0 Å². The van der Waals surface area contributed by atoms with Crippen molar-refractivity contribution in [3.8, 4) is 0 Å². The van der Waals surface area contributed by atoms with Gasteiger partial charge < -0.3 is 10.4 Å². The second kappa shape index (κ2) is 6.08. The lowest BCUT2D eigenvalue weighted by molar-refractivity contribution is -0.134. The number of halogens is 4. The summed E-state index contributed by atoms with van der Waals surface area (Å²) in [6.45, 7) is 0.171. The van der Waals surface area contributed by atoms with Crippen molar-refractivity contribution in [2.24, 2.45) is 0 Å². The Balaban J connectivity index is 2.51. The lowest BCUT2D eigenvalue weighted by atomic mass is 10.2. The minimum absolute atomic E-state index is 0.0311. The van der Waals surface area contributed by atoms with Crippen molar-refractivity contribution in [1.82, 2.24) is 0 Å². The van der Waals surface area contributed by atoms with Crippen LogP contribution in [0.4, 0.5) is 18.9 Å². The zero-order valence-electron chi connectivity index (χ0n) is 9.22. The van der Waals surface area contributed by atoms with Crippen LogP contribution in [0.25, 0.3) is 0 Å². The summed E-state index contributed by atoms with van der Waals surface area (Å²) in [5, 5.41) is 11.5. The highest BCUT2D eigenvalue weighted by Gasteiger charge is 2.25. The number of carboxylic acids is 1. The van der Waals surface area contributed by atoms with Crippen LogP contribution >= 0.6 is 15.9 Å². The standard InChI is InChI=1S/C11H11BrF3NO2/c12-8-6-7(10(17)18)2-3-9(8)16-5-1-4-11(13,14)15/h2-3,6,16H,1,4-5H2,(H,17,18). The van der Waals surface area contributed by atoms with Crippen LogP contribution in [0.1, 0.15) is 23.2 Å². The van der Waals surface area contributed by atoms with E-state index in [4.69, 9.17) is 5.11 Å². The lowest BCUT2D eigenvalue weighted by Crippen LogP contribution is -2.11. The molecule has 0 aliphatic heterocycles. The van der Waals surface area contributed by atoms with Gasteiger partial charge >= 0.3 is 12.1 Å². The summed E-state index contributed by atoms with van der Waals surface area (Å²) in [5.74, 6) is -1.06. The summed E-state index contributed by atoms with van der Waals surface area (Å²) in [4.78, 5) is 10.7. The predicted octanol–water partition coefficient (Wildman–Crippen LogP) is 3.90. The van der Waals surface area contributed by atoms with Crippen molar-refractivity contribution in [3.63, 3.8) is 0 Å². The molecule has 100 valence electrons. The molecule has 0 spiro atoms. The number of anilines is 1. The Morgan fingerprint density at radius 3 is 2.56 bits per heavy atom. The van der Waals surface area contributed by atoms with E-state index in [1.807, 2.05) is 0 Å². The molecule has 0 fully saturated rings. The van der Waals surface area contributed by atoms with Gasteiger partial charge in [0, 0.05) is 23.1 Å².